The van der Waals surface area contributed by atoms with Crippen LogP contribution in [0.3, 0.4) is 0 Å². The second-order valence-corrected chi connectivity index (χ2v) is 5.00. The molecule has 1 heterocycles. The number of carboxylic acid groups (broad SMARTS) is 1. The molecule has 2 N–H and O–H groups in total. The fourth-order valence-electron chi connectivity index (χ4n) is 2.01. The molecule has 0 aliphatic rings. The molecule has 0 saturated heterocycles. The molecule has 0 bridgehead atoms. The van der Waals surface area contributed by atoms with Crippen molar-refractivity contribution in [3.8, 4) is 5.75 Å². The van der Waals surface area contributed by atoms with Crippen molar-refractivity contribution in [3.63, 3.8) is 0 Å². The van der Waals surface area contributed by atoms with Crippen molar-refractivity contribution in [2.45, 2.75) is 26.4 Å². The van der Waals surface area contributed by atoms with Crippen LogP contribution in [0.5, 0.6) is 5.75 Å². The Morgan fingerprint density at radius 1 is 1.39 bits per heavy atom. The van der Waals surface area contributed by atoms with Crippen LogP contribution >= 0.6 is 0 Å². The van der Waals surface area contributed by atoms with E-state index in [1.54, 1.807) is 29.1 Å². The van der Waals surface area contributed by atoms with Gasteiger partial charge in [0.15, 0.2) is 6.61 Å². The largest absolute Gasteiger partial charge is 0.482 e. The maximum Gasteiger partial charge on any atom is 0.341 e. The predicted molar refractivity (Wildman–Crippen MR) is 83.3 cm³/mol. The van der Waals surface area contributed by atoms with Gasteiger partial charge in [0.05, 0.1) is 11.8 Å². The average Bonchev–Trinajstić information content (AvgIpc) is 3.00. The highest BCUT2D eigenvalue weighted by molar-refractivity contribution is 5.93. The summed E-state index contributed by atoms with van der Waals surface area (Å²) in [5, 5.41) is 15.5. The lowest BCUT2D eigenvalue weighted by atomic mass is 10.2. The van der Waals surface area contributed by atoms with E-state index in [2.05, 4.69) is 10.4 Å². The second kappa shape index (κ2) is 7.98. The second-order valence-electron chi connectivity index (χ2n) is 5.00. The molecule has 23 heavy (non-hydrogen) atoms. The van der Waals surface area contributed by atoms with Crippen molar-refractivity contribution < 1.29 is 19.4 Å². The van der Waals surface area contributed by atoms with Crippen molar-refractivity contribution in [2.24, 2.45) is 0 Å². The number of carbonyl (C=O) groups excluding carboxylic acids is 1. The van der Waals surface area contributed by atoms with E-state index < -0.39 is 12.6 Å². The van der Waals surface area contributed by atoms with Gasteiger partial charge in [0.2, 0.25) is 0 Å². The monoisotopic (exact) mass is 317 g/mol. The number of benzene rings is 1. The highest BCUT2D eigenvalue weighted by Gasteiger charge is 2.08. The minimum atomic E-state index is -1.03. The number of aliphatic carboxylic acids is 1. The number of carboxylic acids is 1. The number of aromatic nitrogens is 2. The summed E-state index contributed by atoms with van der Waals surface area (Å²) in [6.45, 7) is 2.74. The normalized spacial score (nSPS) is 10.3. The van der Waals surface area contributed by atoms with Gasteiger partial charge in [0.25, 0.3) is 5.91 Å². The Morgan fingerprint density at radius 3 is 2.96 bits per heavy atom. The van der Waals surface area contributed by atoms with Crippen LogP contribution < -0.4 is 10.1 Å². The van der Waals surface area contributed by atoms with Crippen molar-refractivity contribution in [1.29, 1.82) is 0 Å². The van der Waals surface area contributed by atoms with Crippen molar-refractivity contribution in [3.05, 3.63) is 47.8 Å². The number of amides is 1. The fraction of sp³-hybridized carbons (Fsp3) is 0.312. The third-order valence-corrected chi connectivity index (χ3v) is 3.06. The van der Waals surface area contributed by atoms with E-state index in [4.69, 9.17) is 9.84 Å². The van der Waals surface area contributed by atoms with Gasteiger partial charge < -0.3 is 15.2 Å². The first-order valence-electron chi connectivity index (χ1n) is 7.32. The van der Waals surface area contributed by atoms with Crippen LogP contribution in [0.25, 0.3) is 0 Å². The minimum Gasteiger partial charge on any atom is -0.482 e. The molecule has 0 saturated carbocycles. The van der Waals surface area contributed by atoms with Crippen LogP contribution in [0.2, 0.25) is 0 Å². The summed E-state index contributed by atoms with van der Waals surface area (Å²) < 4.78 is 6.84. The lowest BCUT2D eigenvalue weighted by Crippen LogP contribution is -2.22. The Bertz CT molecular complexity index is 681. The molecular formula is C16H19N3O4. The van der Waals surface area contributed by atoms with E-state index >= 15 is 0 Å². The molecule has 7 nitrogen and oxygen atoms in total. The highest BCUT2D eigenvalue weighted by atomic mass is 16.5. The molecule has 0 aliphatic carbocycles. The van der Waals surface area contributed by atoms with Gasteiger partial charge >= 0.3 is 5.97 Å². The molecule has 0 radical (unpaired) electrons. The molecule has 7 heteroatoms. The standard InChI is InChI=1S/C16H19N3O4/c1-2-6-19-10-13(9-18-19)16(22)17-8-12-4-3-5-14(7-12)23-11-15(20)21/h3-5,7,9-10H,2,6,8,11H2,1H3,(H,17,22)(H,20,21). The number of hydrogen-bond acceptors (Lipinski definition) is 4. The molecule has 0 spiro atoms. The number of nitrogens with one attached hydrogen (secondary N) is 1. The summed E-state index contributed by atoms with van der Waals surface area (Å²) >= 11 is 0. The van der Waals surface area contributed by atoms with Gasteiger partial charge in [-0.25, -0.2) is 4.79 Å². The smallest absolute Gasteiger partial charge is 0.341 e. The summed E-state index contributed by atoms with van der Waals surface area (Å²) in [5.41, 5.74) is 1.33. The first-order valence-corrected chi connectivity index (χ1v) is 7.32. The molecule has 0 atom stereocenters. The molecule has 0 fully saturated rings. The van der Waals surface area contributed by atoms with Crippen molar-refractivity contribution in [2.75, 3.05) is 6.61 Å². The highest BCUT2D eigenvalue weighted by Crippen LogP contribution is 2.13. The minimum absolute atomic E-state index is 0.204. The molecule has 2 aromatic rings. The topological polar surface area (TPSA) is 93.5 Å². The Balaban J connectivity index is 1.90. The van der Waals surface area contributed by atoms with Gasteiger partial charge in [0.1, 0.15) is 5.75 Å². The van der Waals surface area contributed by atoms with Gasteiger partial charge in [-0.15, -0.1) is 0 Å². The number of ether oxygens (including phenoxy) is 1. The molecule has 0 aliphatic heterocycles. The van der Waals surface area contributed by atoms with Gasteiger partial charge in [-0.1, -0.05) is 19.1 Å². The Hall–Kier alpha value is -2.83. The van der Waals surface area contributed by atoms with E-state index in [1.807, 2.05) is 13.0 Å². The fourth-order valence-corrected chi connectivity index (χ4v) is 2.01. The van der Waals surface area contributed by atoms with Crippen LogP contribution in [-0.4, -0.2) is 33.4 Å². The maximum atomic E-state index is 12.1. The van der Waals surface area contributed by atoms with Crippen molar-refractivity contribution in [1.82, 2.24) is 15.1 Å². The third kappa shape index (κ3) is 5.14. The average molecular weight is 317 g/mol. The molecule has 1 aromatic carbocycles. The van der Waals surface area contributed by atoms with E-state index in [1.165, 1.54) is 6.20 Å². The third-order valence-electron chi connectivity index (χ3n) is 3.06. The summed E-state index contributed by atoms with van der Waals surface area (Å²) in [6.07, 6.45) is 4.20. The lowest BCUT2D eigenvalue weighted by Gasteiger charge is -2.07. The van der Waals surface area contributed by atoms with E-state index in [0.29, 0.717) is 17.9 Å². The van der Waals surface area contributed by atoms with Gasteiger partial charge in [-0.05, 0) is 24.1 Å². The maximum absolute atomic E-state index is 12.1. The van der Waals surface area contributed by atoms with Crippen molar-refractivity contribution >= 4 is 11.9 Å². The molecule has 2 rings (SSSR count). The SMILES string of the molecule is CCCn1cc(C(=O)NCc2cccc(OCC(=O)O)c2)cn1. The van der Waals surface area contributed by atoms with Crippen LogP contribution in [0.4, 0.5) is 0 Å². The Labute approximate surface area is 133 Å². The van der Waals surface area contributed by atoms with Crippen LogP contribution in [0, 0.1) is 0 Å². The first-order chi connectivity index (χ1) is 11.1. The van der Waals surface area contributed by atoms with Gasteiger partial charge in [-0.3, -0.25) is 9.48 Å². The van der Waals surface area contributed by atoms with Gasteiger partial charge in [0, 0.05) is 19.3 Å². The zero-order chi connectivity index (χ0) is 16.7. The molecule has 0 unspecified atom stereocenters. The number of hydrogen-bond donors (Lipinski definition) is 2. The van der Waals surface area contributed by atoms with Crippen LogP contribution in [0.1, 0.15) is 29.3 Å². The van der Waals surface area contributed by atoms with Crippen LogP contribution in [-0.2, 0) is 17.9 Å². The number of nitrogens with zero attached hydrogens (tertiary/aromatic N) is 2. The van der Waals surface area contributed by atoms with E-state index in [-0.39, 0.29) is 5.91 Å². The zero-order valence-electron chi connectivity index (χ0n) is 12.9. The molecular weight excluding hydrogens is 298 g/mol. The van der Waals surface area contributed by atoms with Crippen LogP contribution in [0.15, 0.2) is 36.7 Å². The first kappa shape index (κ1) is 16.5. The van der Waals surface area contributed by atoms with E-state index in [0.717, 1.165) is 18.5 Å². The number of aryl methyl sites for hydroxylation is 1. The molecule has 1 amide bonds. The lowest BCUT2D eigenvalue weighted by molar-refractivity contribution is -0.139. The number of carbonyl (C=O) groups is 2. The van der Waals surface area contributed by atoms with E-state index in [9.17, 15) is 9.59 Å². The molecule has 1 aromatic heterocycles. The number of rotatable bonds is 8. The summed E-state index contributed by atoms with van der Waals surface area (Å²) in [7, 11) is 0. The summed E-state index contributed by atoms with van der Waals surface area (Å²) in [6, 6.07) is 6.94. The van der Waals surface area contributed by atoms with Gasteiger partial charge in [-0.2, -0.15) is 5.10 Å². The zero-order valence-corrected chi connectivity index (χ0v) is 12.9. The quantitative estimate of drug-likeness (QED) is 0.772. The molecule has 122 valence electrons. The summed E-state index contributed by atoms with van der Waals surface area (Å²) in [4.78, 5) is 22.6. The summed E-state index contributed by atoms with van der Waals surface area (Å²) in [5.74, 6) is -0.785. The Kier molecular flexibility index (Phi) is 5.74. The Morgan fingerprint density at radius 2 is 2.22 bits per heavy atom. The predicted octanol–water partition coefficient (Wildman–Crippen LogP) is 1.69.